The molecule has 0 aromatic carbocycles. The van der Waals surface area contributed by atoms with Crippen molar-refractivity contribution < 1.29 is 8.42 Å². The molecular weight excluding hydrogens is 266 g/mol. The first kappa shape index (κ1) is 12.0. The maximum atomic E-state index is 11.6. The van der Waals surface area contributed by atoms with E-state index in [0.717, 1.165) is 24.6 Å². The van der Waals surface area contributed by atoms with Gasteiger partial charge >= 0.3 is 0 Å². The number of anilines is 2. The van der Waals surface area contributed by atoms with E-state index in [1.54, 1.807) is 0 Å². The minimum atomic E-state index is -3.30. The van der Waals surface area contributed by atoms with Crippen molar-refractivity contribution in [3.05, 3.63) is 0 Å². The highest BCUT2D eigenvalue weighted by molar-refractivity contribution is 7.99. The van der Waals surface area contributed by atoms with Crippen LogP contribution in [-0.2, 0) is 9.84 Å². The average molecular weight is 279 g/mol. The quantitative estimate of drug-likeness (QED) is 0.858. The molecule has 8 heteroatoms. The third-order valence-corrected chi connectivity index (χ3v) is 5.47. The molecule has 0 bridgehead atoms. The van der Waals surface area contributed by atoms with Gasteiger partial charge in [-0.2, -0.15) is 16.1 Å². The molecule has 1 aliphatic rings. The van der Waals surface area contributed by atoms with Crippen molar-refractivity contribution in [3.63, 3.8) is 0 Å². The van der Waals surface area contributed by atoms with E-state index in [0.29, 0.717) is 5.00 Å². The van der Waals surface area contributed by atoms with Crippen LogP contribution in [0.5, 0.6) is 0 Å². The second-order valence-electron chi connectivity index (χ2n) is 3.57. The predicted octanol–water partition coefficient (Wildman–Crippen LogP) is 0.682. The Kier molecular flexibility index (Phi) is 3.32. The summed E-state index contributed by atoms with van der Waals surface area (Å²) in [5.74, 6) is 2.16. The van der Waals surface area contributed by atoms with Crippen LogP contribution in [-0.4, -0.2) is 43.6 Å². The van der Waals surface area contributed by atoms with Gasteiger partial charge in [-0.15, -0.1) is 0 Å². The maximum Gasteiger partial charge on any atom is 0.182 e. The van der Waals surface area contributed by atoms with E-state index in [9.17, 15) is 8.42 Å². The molecular formula is C8H13N3O2S3. The highest BCUT2D eigenvalue weighted by atomic mass is 32.2. The minimum Gasteiger partial charge on any atom is -0.382 e. The summed E-state index contributed by atoms with van der Waals surface area (Å²) in [5, 5.41) is 0.695. The summed E-state index contributed by atoms with van der Waals surface area (Å²) < 4.78 is 27.2. The monoisotopic (exact) mass is 279 g/mol. The number of nitrogens with zero attached hydrogens (tertiary/aromatic N) is 2. The topological polar surface area (TPSA) is 76.3 Å². The number of aromatic nitrogens is 1. The number of sulfone groups is 1. The Bertz CT molecular complexity index is 477. The van der Waals surface area contributed by atoms with E-state index in [1.807, 2.05) is 11.8 Å². The number of hydrogen-bond donors (Lipinski definition) is 1. The number of thioether (sulfide) groups is 1. The summed E-state index contributed by atoms with van der Waals surface area (Å²) in [6.07, 6.45) is 1.18. The Balaban J connectivity index is 2.41. The number of nitrogen functional groups attached to an aromatic ring is 1. The lowest BCUT2D eigenvalue weighted by Gasteiger charge is -2.27. The van der Waals surface area contributed by atoms with Gasteiger partial charge in [0.15, 0.2) is 15.7 Å². The zero-order valence-electron chi connectivity index (χ0n) is 8.84. The van der Waals surface area contributed by atoms with Gasteiger partial charge in [0.05, 0.1) is 0 Å². The van der Waals surface area contributed by atoms with Crippen molar-refractivity contribution in [2.75, 3.05) is 41.5 Å². The maximum absolute atomic E-state index is 11.6. The van der Waals surface area contributed by atoms with Crippen molar-refractivity contribution in [1.82, 2.24) is 4.37 Å². The molecule has 5 nitrogen and oxygen atoms in total. The van der Waals surface area contributed by atoms with Gasteiger partial charge in [0.25, 0.3) is 0 Å². The van der Waals surface area contributed by atoms with Crippen LogP contribution in [0.15, 0.2) is 4.90 Å². The lowest BCUT2D eigenvalue weighted by molar-refractivity contribution is 0.602. The van der Waals surface area contributed by atoms with Gasteiger partial charge in [0.2, 0.25) is 0 Å². The Labute approximate surface area is 103 Å². The summed E-state index contributed by atoms with van der Waals surface area (Å²) in [4.78, 5) is 2.25. The number of hydrogen-bond acceptors (Lipinski definition) is 7. The molecule has 1 aliphatic heterocycles. The van der Waals surface area contributed by atoms with Crippen LogP contribution < -0.4 is 10.6 Å². The lowest BCUT2D eigenvalue weighted by Crippen LogP contribution is -2.32. The molecule has 2 N–H and O–H groups in total. The molecule has 2 heterocycles. The van der Waals surface area contributed by atoms with E-state index in [1.165, 1.54) is 17.8 Å². The fraction of sp³-hybridized carbons (Fsp3) is 0.625. The van der Waals surface area contributed by atoms with E-state index < -0.39 is 9.84 Å². The second kappa shape index (κ2) is 4.42. The van der Waals surface area contributed by atoms with Crippen LogP contribution in [0.25, 0.3) is 0 Å². The van der Waals surface area contributed by atoms with Crippen molar-refractivity contribution in [2.24, 2.45) is 0 Å². The average Bonchev–Trinajstić information content (AvgIpc) is 2.61. The van der Waals surface area contributed by atoms with E-state index in [2.05, 4.69) is 9.27 Å². The molecule has 0 amide bonds. The van der Waals surface area contributed by atoms with Crippen molar-refractivity contribution in [3.8, 4) is 0 Å². The minimum absolute atomic E-state index is 0.126. The Morgan fingerprint density at radius 2 is 2.00 bits per heavy atom. The molecule has 1 aromatic rings. The van der Waals surface area contributed by atoms with Gasteiger partial charge in [-0.25, -0.2) is 8.42 Å². The van der Waals surface area contributed by atoms with Crippen molar-refractivity contribution >= 4 is 44.0 Å². The van der Waals surface area contributed by atoms with E-state index >= 15 is 0 Å². The standard InChI is InChI=1S/C8H13N3O2S3/c1-16(12,13)6-7(9)10-15-8(6)11-2-4-14-5-3-11/h2-5H2,1H3,(H2,9,10). The molecule has 16 heavy (non-hydrogen) atoms. The fourth-order valence-corrected chi connectivity index (χ4v) is 4.76. The van der Waals surface area contributed by atoms with Crippen LogP contribution in [0.1, 0.15) is 0 Å². The molecule has 2 rings (SSSR count). The first-order valence-electron chi connectivity index (χ1n) is 4.78. The van der Waals surface area contributed by atoms with Crippen LogP contribution in [0, 0.1) is 0 Å². The van der Waals surface area contributed by atoms with Gasteiger partial charge in [-0.3, -0.25) is 0 Å². The molecule has 0 unspecified atom stereocenters. The summed E-state index contributed by atoms with van der Waals surface area (Å²) in [6.45, 7) is 1.71. The molecule has 0 spiro atoms. The molecule has 0 aliphatic carbocycles. The Morgan fingerprint density at radius 1 is 1.38 bits per heavy atom. The third kappa shape index (κ3) is 2.28. The highest BCUT2D eigenvalue weighted by Crippen LogP contribution is 2.35. The van der Waals surface area contributed by atoms with E-state index in [-0.39, 0.29) is 10.7 Å². The summed E-state index contributed by atoms with van der Waals surface area (Å²) in [5.41, 5.74) is 5.62. The molecule has 0 atom stereocenters. The van der Waals surface area contributed by atoms with Crippen LogP contribution in [0.2, 0.25) is 0 Å². The molecule has 1 aromatic heterocycles. The number of nitrogens with two attached hydrogens (primary N) is 1. The van der Waals surface area contributed by atoms with Crippen LogP contribution in [0.4, 0.5) is 10.8 Å². The zero-order chi connectivity index (χ0) is 11.8. The lowest BCUT2D eigenvalue weighted by atomic mass is 10.5. The van der Waals surface area contributed by atoms with Crippen molar-refractivity contribution in [1.29, 1.82) is 0 Å². The molecule has 90 valence electrons. The second-order valence-corrected chi connectivity index (χ2v) is 7.50. The third-order valence-electron chi connectivity index (χ3n) is 2.33. The van der Waals surface area contributed by atoms with Crippen molar-refractivity contribution in [2.45, 2.75) is 4.90 Å². The molecule has 0 saturated carbocycles. The molecule has 1 saturated heterocycles. The largest absolute Gasteiger partial charge is 0.382 e. The number of rotatable bonds is 2. The Hall–Kier alpha value is -0.470. The van der Waals surface area contributed by atoms with Gasteiger partial charge in [0, 0.05) is 30.9 Å². The first-order valence-corrected chi connectivity index (χ1v) is 8.60. The SMILES string of the molecule is CS(=O)(=O)c1c(N)nsc1N1CCSCC1. The smallest absolute Gasteiger partial charge is 0.182 e. The zero-order valence-corrected chi connectivity index (χ0v) is 11.3. The Morgan fingerprint density at radius 3 is 2.56 bits per heavy atom. The van der Waals surface area contributed by atoms with Gasteiger partial charge in [-0.05, 0) is 11.5 Å². The summed E-state index contributed by atoms with van der Waals surface area (Å²) >= 11 is 3.05. The predicted molar refractivity (Wildman–Crippen MR) is 69.2 cm³/mol. The van der Waals surface area contributed by atoms with Gasteiger partial charge in [0.1, 0.15) is 9.90 Å². The summed E-state index contributed by atoms with van der Waals surface area (Å²) in [7, 11) is -3.30. The van der Waals surface area contributed by atoms with E-state index in [4.69, 9.17) is 5.73 Å². The van der Waals surface area contributed by atoms with Crippen LogP contribution in [0.3, 0.4) is 0 Å². The summed E-state index contributed by atoms with van der Waals surface area (Å²) in [6, 6.07) is 0. The first-order chi connectivity index (χ1) is 7.50. The fourth-order valence-electron chi connectivity index (χ4n) is 1.60. The van der Waals surface area contributed by atoms with Gasteiger partial charge in [-0.1, -0.05) is 0 Å². The molecule has 1 fully saturated rings. The van der Waals surface area contributed by atoms with Gasteiger partial charge < -0.3 is 10.6 Å². The molecule has 0 radical (unpaired) electrons. The highest BCUT2D eigenvalue weighted by Gasteiger charge is 2.26. The van der Waals surface area contributed by atoms with Crippen LogP contribution >= 0.6 is 23.3 Å². The normalized spacial score (nSPS) is 17.7.